The SMILES string of the molecule is CCOc1ccc(N2CC=C[C@]3(C)O[C@]45C=CCN(c6cc(C)ccc6C)C(=O)C4N([C@@H](CO)C(C)C)C(=O)[C@@H]5[C@@H]3C2=O)cc1. The minimum Gasteiger partial charge on any atom is -0.494 e. The molecule has 0 saturated carbocycles. The number of aryl methyl sites for hydroxylation is 2. The van der Waals surface area contributed by atoms with E-state index in [9.17, 15) is 19.5 Å². The van der Waals surface area contributed by atoms with E-state index in [0.717, 1.165) is 16.8 Å². The van der Waals surface area contributed by atoms with Crippen LogP contribution in [-0.2, 0) is 19.1 Å². The summed E-state index contributed by atoms with van der Waals surface area (Å²) in [6, 6.07) is 11.6. The molecule has 0 aliphatic carbocycles. The third-order valence-corrected chi connectivity index (χ3v) is 9.92. The van der Waals surface area contributed by atoms with Crippen molar-refractivity contribution in [1.29, 1.82) is 0 Å². The summed E-state index contributed by atoms with van der Waals surface area (Å²) in [5.74, 6) is -2.21. The van der Waals surface area contributed by atoms with E-state index in [-0.39, 0.29) is 36.8 Å². The number of likely N-dealkylation sites (tertiary alicyclic amines) is 1. The molecule has 4 aliphatic rings. The Morgan fingerprint density at radius 2 is 1.62 bits per heavy atom. The van der Waals surface area contributed by atoms with E-state index in [0.29, 0.717) is 24.6 Å². The topological polar surface area (TPSA) is 99.6 Å². The molecule has 1 N–H and O–H groups in total. The fourth-order valence-electron chi connectivity index (χ4n) is 7.79. The van der Waals surface area contributed by atoms with Crippen LogP contribution in [0.4, 0.5) is 11.4 Å². The van der Waals surface area contributed by atoms with Crippen LogP contribution < -0.4 is 14.5 Å². The Balaban J connectivity index is 1.48. The van der Waals surface area contributed by atoms with Crippen LogP contribution in [0.2, 0.25) is 0 Å². The monoisotopic (exact) mass is 613 g/mol. The zero-order valence-electron chi connectivity index (χ0n) is 26.9. The van der Waals surface area contributed by atoms with E-state index < -0.39 is 35.1 Å². The lowest BCUT2D eigenvalue weighted by Gasteiger charge is -2.41. The minimum atomic E-state index is -1.41. The zero-order chi connectivity index (χ0) is 32.3. The minimum absolute atomic E-state index is 0.152. The number of benzene rings is 2. The van der Waals surface area contributed by atoms with E-state index >= 15 is 0 Å². The van der Waals surface area contributed by atoms with Crippen molar-refractivity contribution in [2.45, 2.75) is 64.8 Å². The number of fused-ring (bicyclic) bond motifs is 2. The number of ether oxygens (including phenoxy) is 2. The van der Waals surface area contributed by atoms with Crippen molar-refractivity contribution in [3.05, 3.63) is 77.9 Å². The van der Waals surface area contributed by atoms with Crippen LogP contribution in [-0.4, -0.2) is 77.3 Å². The van der Waals surface area contributed by atoms with E-state index in [1.165, 1.54) is 4.90 Å². The Labute approximate surface area is 265 Å². The first kappa shape index (κ1) is 31.0. The molecule has 238 valence electrons. The van der Waals surface area contributed by atoms with Gasteiger partial charge in [-0.15, -0.1) is 0 Å². The van der Waals surface area contributed by atoms with E-state index in [4.69, 9.17) is 9.47 Å². The third-order valence-electron chi connectivity index (χ3n) is 9.92. The van der Waals surface area contributed by atoms with Crippen molar-refractivity contribution in [3.63, 3.8) is 0 Å². The van der Waals surface area contributed by atoms with Gasteiger partial charge < -0.3 is 29.3 Å². The van der Waals surface area contributed by atoms with Gasteiger partial charge in [0.1, 0.15) is 17.4 Å². The number of anilines is 2. The van der Waals surface area contributed by atoms with Gasteiger partial charge in [0.05, 0.1) is 36.7 Å². The largest absolute Gasteiger partial charge is 0.494 e. The van der Waals surface area contributed by atoms with Crippen molar-refractivity contribution in [3.8, 4) is 5.75 Å². The Morgan fingerprint density at radius 1 is 0.933 bits per heavy atom. The smallest absolute Gasteiger partial charge is 0.253 e. The molecule has 45 heavy (non-hydrogen) atoms. The number of nitrogens with zero attached hydrogens (tertiary/aromatic N) is 3. The predicted octanol–water partition coefficient (Wildman–Crippen LogP) is 4.20. The van der Waals surface area contributed by atoms with Gasteiger partial charge in [0.25, 0.3) is 5.91 Å². The van der Waals surface area contributed by atoms with Crippen LogP contribution in [0.25, 0.3) is 0 Å². The summed E-state index contributed by atoms with van der Waals surface area (Å²) in [6.45, 7) is 12.3. The summed E-state index contributed by atoms with van der Waals surface area (Å²) in [6.07, 6.45) is 7.52. The maximum atomic E-state index is 14.9. The molecular formula is C36H43N3O6. The Kier molecular flexibility index (Phi) is 7.90. The summed E-state index contributed by atoms with van der Waals surface area (Å²) in [4.78, 5) is 49.2. The maximum absolute atomic E-state index is 14.9. The fourth-order valence-corrected chi connectivity index (χ4v) is 7.79. The average molecular weight is 614 g/mol. The number of aliphatic hydroxyl groups excluding tert-OH is 1. The van der Waals surface area contributed by atoms with E-state index in [2.05, 4.69) is 0 Å². The van der Waals surface area contributed by atoms with Crippen LogP contribution in [0.3, 0.4) is 0 Å². The molecule has 3 amide bonds. The molecule has 2 saturated heterocycles. The van der Waals surface area contributed by atoms with Gasteiger partial charge >= 0.3 is 0 Å². The molecule has 4 heterocycles. The Bertz CT molecular complexity index is 1570. The number of carbonyl (C=O) groups is 3. The second kappa shape index (κ2) is 11.4. The lowest BCUT2D eigenvalue weighted by atomic mass is 9.74. The molecule has 0 radical (unpaired) electrons. The second-order valence-corrected chi connectivity index (χ2v) is 13.2. The highest BCUT2D eigenvalue weighted by molar-refractivity contribution is 6.08. The highest BCUT2D eigenvalue weighted by atomic mass is 16.5. The van der Waals surface area contributed by atoms with Gasteiger partial charge in [-0.1, -0.05) is 50.3 Å². The quantitative estimate of drug-likeness (QED) is 0.470. The van der Waals surface area contributed by atoms with Gasteiger partial charge in [0, 0.05) is 24.5 Å². The summed E-state index contributed by atoms with van der Waals surface area (Å²) in [5.41, 5.74) is 0.829. The maximum Gasteiger partial charge on any atom is 0.253 e. The highest BCUT2D eigenvalue weighted by Gasteiger charge is 2.75. The number of amides is 3. The molecule has 6 rings (SSSR count). The summed E-state index contributed by atoms with van der Waals surface area (Å²) >= 11 is 0. The molecule has 9 nitrogen and oxygen atoms in total. The number of rotatable bonds is 7. The predicted molar refractivity (Wildman–Crippen MR) is 172 cm³/mol. The standard InChI is InChI=1S/C36H43N3O6/c1-7-44-26-14-12-25(13-15-26)37-18-8-16-35(6)29(32(37)41)30-33(42)39(28(21-40)22(2)3)31-34(43)38(19-9-17-36(30,31)45-35)27-20-23(4)10-11-24(27)5/h8-17,20,22,28-31,40H,7,18-19,21H2,1-6H3/t28-,29+,30-,31?,35-,36-/m0/s1. The van der Waals surface area contributed by atoms with E-state index in [1.54, 1.807) is 9.80 Å². The molecule has 2 aromatic rings. The molecule has 2 aromatic carbocycles. The zero-order valence-corrected chi connectivity index (χ0v) is 26.9. The van der Waals surface area contributed by atoms with Crippen LogP contribution in [0.15, 0.2) is 66.8 Å². The van der Waals surface area contributed by atoms with Crippen molar-refractivity contribution in [2.24, 2.45) is 17.8 Å². The first-order valence-corrected chi connectivity index (χ1v) is 15.9. The van der Waals surface area contributed by atoms with Gasteiger partial charge in [0.2, 0.25) is 11.8 Å². The van der Waals surface area contributed by atoms with Crippen molar-refractivity contribution in [2.75, 3.05) is 36.1 Å². The lowest BCUT2D eigenvalue weighted by Crippen LogP contribution is -2.59. The fraction of sp³-hybridized carbons (Fsp3) is 0.472. The normalized spacial score (nSPS) is 29.9. The molecule has 1 unspecified atom stereocenters. The molecule has 0 bridgehead atoms. The Morgan fingerprint density at radius 3 is 2.29 bits per heavy atom. The molecule has 6 atom stereocenters. The molecule has 9 heteroatoms. The van der Waals surface area contributed by atoms with Gasteiger partial charge in [-0.2, -0.15) is 0 Å². The van der Waals surface area contributed by atoms with Gasteiger partial charge in [0.15, 0.2) is 0 Å². The average Bonchev–Trinajstić information content (AvgIpc) is 3.27. The van der Waals surface area contributed by atoms with Crippen LogP contribution in [0.1, 0.15) is 38.8 Å². The van der Waals surface area contributed by atoms with Gasteiger partial charge in [-0.25, -0.2) is 0 Å². The van der Waals surface area contributed by atoms with Crippen molar-refractivity contribution < 1.29 is 29.0 Å². The van der Waals surface area contributed by atoms with Gasteiger partial charge in [-0.05, 0) is 75.1 Å². The summed E-state index contributed by atoms with van der Waals surface area (Å²) < 4.78 is 12.6. The molecule has 4 aliphatic heterocycles. The summed E-state index contributed by atoms with van der Waals surface area (Å²) in [5, 5.41) is 10.6. The highest BCUT2D eigenvalue weighted by Crippen LogP contribution is 2.58. The van der Waals surface area contributed by atoms with Crippen LogP contribution in [0.5, 0.6) is 5.75 Å². The first-order valence-electron chi connectivity index (χ1n) is 15.9. The van der Waals surface area contributed by atoms with Crippen LogP contribution >= 0.6 is 0 Å². The Hall–Kier alpha value is -3.95. The number of aliphatic hydroxyl groups is 1. The lowest BCUT2D eigenvalue weighted by molar-refractivity contribution is -0.149. The molecule has 0 aromatic heterocycles. The molecular weight excluding hydrogens is 570 g/mol. The van der Waals surface area contributed by atoms with Gasteiger partial charge in [-0.3, -0.25) is 14.4 Å². The molecule has 1 spiro atoms. The van der Waals surface area contributed by atoms with Crippen molar-refractivity contribution in [1.82, 2.24) is 4.90 Å². The van der Waals surface area contributed by atoms with Crippen molar-refractivity contribution >= 4 is 29.1 Å². The first-order chi connectivity index (χ1) is 21.5. The number of hydrogen-bond donors (Lipinski definition) is 1. The number of carbonyl (C=O) groups excluding carboxylic acids is 3. The third kappa shape index (κ3) is 4.79. The second-order valence-electron chi connectivity index (χ2n) is 13.2. The summed E-state index contributed by atoms with van der Waals surface area (Å²) in [7, 11) is 0. The van der Waals surface area contributed by atoms with E-state index in [1.807, 2.05) is 108 Å². The molecule has 2 fully saturated rings. The number of hydrogen-bond acceptors (Lipinski definition) is 6. The van der Waals surface area contributed by atoms with Crippen LogP contribution in [0, 0.1) is 31.6 Å².